The van der Waals surface area contributed by atoms with E-state index in [2.05, 4.69) is 10.6 Å². The quantitative estimate of drug-likeness (QED) is 0.775. The highest BCUT2D eigenvalue weighted by Crippen LogP contribution is 2.15. The summed E-state index contributed by atoms with van der Waals surface area (Å²) in [6, 6.07) is 12.2. The van der Waals surface area contributed by atoms with Crippen LogP contribution in [-0.4, -0.2) is 24.4 Å². The van der Waals surface area contributed by atoms with Crippen molar-refractivity contribution in [1.82, 2.24) is 10.6 Å². The SMILES string of the molecule is CC(C)C(NC(=O)c1ccccc1Cl)C(=O)NCCc1ccc(F)cc1. The molecule has 26 heavy (non-hydrogen) atoms. The number of carbonyl (C=O) groups is 2. The molecule has 0 saturated heterocycles. The van der Waals surface area contributed by atoms with Gasteiger partial charge in [-0.3, -0.25) is 9.59 Å². The highest BCUT2D eigenvalue weighted by atomic mass is 35.5. The van der Waals surface area contributed by atoms with Gasteiger partial charge in [-0.05, 0) is 42.2 Å². The second-order valence-corrected chi connectivity index (χ2v) is 6.75. The summed E-state index contributed by atoms with van der Waals surface area (Å²) in [5, 5.41) is 5.90. The van der Waals surface area contributed by atoms with Crippen LogP contribution < -0.4 is 10.6 Å². The molecule has 4 nitrogen and oxygen atoms in total. The monoisotopic (exact) mass is 376 g/mol. The Morgan fingerprint density at radius 3 is 2.35 bits per heavy atom. The Balaban J connectivity index is 1.93. The molecule has 2 aromatic rings. The van der Waals surface area contributed by atoms with E-state index in [-0.39, 0.29) is 23.5 Å². The number of hydrogen-bond donors (Lipinski definition) is 2. The summed E-state index contributed by atoms with van der Waals surface area (Å²) < 4.78 is 12.9. The highest BCUT2D eigenvalue weighted by Gasteiger charge is 2.25. The zero-order valence-corrected chi connectivity index (χ0v) is 15.5. The zero-order valence-electron chi connectivity index (χ0n) is 14.8. The number of carbonyl (C=O) groups excluding carboxylic acids is 2. The van der Waals surface area contributed by atoms with Gasteiger partial charge in [-0.1, -0.05) is 49.7 Å². The van der Waals surface area contributed by atoms with Crippen molar-refractivity contribution in [2.45, 2.75) is 26.3 Å². The third kappa shape index (κ3) is 5.56. The molecule has 0 fully saturated rings. The topological polar surface area (TPSA) is 58.2 Å². The van der Waals surface area contributed by atoms with Crippen LogP contribution in [0.2, 0.25) is 5.02 Å². The van der Waals surface area contributed by atoms with Gasteiger partial charge in [-0.15, -0.1) is 0 Å². The van der Waals surface area contributed by atoms with E-state index in [0.29, 0.717) is 23.6 Å². The minimum Gasteiger partial charge on any atom is -0.354 e. The number of hydrogen-bond acceptors (Lipinski definition) is 2. The maximum Gasteiger partial charge on any atom is 0.253 e. The molecule has 0 aromatic heterocycles. The molecular weight excluding hydrogens is 355 g/mol. The Kier molecular flexibility index (Phi) is 7.16. The molecule has 0 aliphatic rings. The first-order valence-corrected chi connectivity index (χ1v) is 8.84. The van der Waals surface area contributed by atoms with Gasteiger partial charge in [0, 0.05) is 6.54 Å². The maximum atomic E-state index is 12.9. The molecule has 1 unspecified atom stereocenters. The van der Waals surface area contributed by atoms with Crippen molar-refractivity contribution >= 4 is 23.4 Å². The average Bonchev–Trinajstić information content (AvgIpc) is 2.61. The smallest absolute Gasteiger partial charge is 0.253 e. The molecule has 2 rings (SSSR count). The molecule has 138 valence electrons. The van der Waals surface area contributed by atoms with E-state index in [4.69, 9.17) is 11.6 Å². The summed E-state index contributed by atoms with van der Waals surface area (Å²) in [7, 11) is 0. The summed E-state index contributed by atoms with van der Waals surface area (Å²) in [4.78, 5) is 24.9. The first-order valence-electron chi connectivity index (χ1n) is 8.46. The van der Waals surface area contributed by atoms with Gasteiger partial charge >= 0.3 is 0 Å². The third-order valence-corrected chi connectivity index (χ3v) is 4.31. The first kappa shape index (κ1) is 19.9. The van der Waals surface area contributed by atoms with Crippen LogP contribution in [0.4, 0.5) is 4.39 Å². The number of amides is 2. The van der Waals surface area contributed by atoms with E-state index in [1.807, 2.05) is 13.8 Å². The Morgan fingerprint density at radius 2 is 1.73 bits per heavy atom. The Morgan fingerprint density at radius 1 is 1.08 bits per heavy atom. The van der Waals surface area contributed by atoms with Crippen LogP contribution in [0.15, 0.2) is 48.5 Å². The minimum atomic E-state index is -0.674. The van der Waals surface area contributed by atoms with Gasteiger partial charge in [0.25, 0.3) is 5.91 Å². The van der Waals surface area contributed by atoms with Crippen LogP contribution in [0.5, 0.6) is 0 Å². The predicted octanol–water partition coefficient (Wildman–Crippen LogP) is 3.59. The molecule has 0 radical (unpaired) electrons. The van der Waals surface area contributed by atoms with Crippen molar-refractivity contribution in [1.29, 1.82) is 0 Å². The molecule has 0 bridgehead atoms. The van der Waals surface area contributed by atoms with Gasteiger partial charge in [0.15, 0.2) is 0 Å². The first-order chi connectivity index (χ1) is 12.4. The lowest BCUT2D eigenvalue weighted by Gasteiger charge is -2.22. The highest BCUT2D eigenvalue weighted by molar-refractivity contribution is 6.33. The fourth-order valence-electron chi connectivity index (χ4n) is 2.49. The summed E-state index contributed by atoms with van der Waals surface area (Å²) in [5.41, 5.74) is 1.26. The Bertz CT molecular complexity index is 763. The van der Waals surface area contributed by atoms with E-state index in [1.165, 1.54) is 12.1 Å². The third-order valence-electron chi connectivity index (χ3n) is 3.98. The summed E-state index contributed by atoms with van der Waals surface area (Å²) >= 11 is 6.04. The second kappa shape index (κ2) is 9.34. The standard InChI is InChI=1S/C20H22ClFN2O2/c1-13(2)18(24-19(25)16-5-3-4-6-17(16)21)20(26)23-12-11-14-7-9-15(22)10-8-14/h3-10,13,18H,11-12H2,1-2H3,(H,23,26)(H,24,25). The molecule has 2 aromatic carbocycles. The normalized spacial score (nSPS) is 11.9. The molecule has 0 saturated carbocycles. The van der Waals surface area contributed by atoms with E-state index in [0.717, 1.165) is 5.56 Å². The van der Waals surface area contributed by atoms with Crippen LogP contribution in [0.1, 0.15) is 29.8 Å². The van der Waals surface area contributed by atoms with Crippen molar-refractivity contribution in [2.24, 2.45) is 5.92 Å². The lowest BCUT2D eigenvalue weighted by atomic mass is 10.0. The van der Waals surface area contributed by atoms with Crippen molar-refractivity contribution in [3.05, 3.63) is 70.5 Å². The van der Waals surface area contributed by atoms with Crippen molar-refractivity contribution < 1.29 is 14.0 Å². The number of benzene rings is 2. The average molecular weight is 377 g/mol. The van der Waals surface area contributed by atoms with Gasteiger partial charge in [0.05, 0.1) is 10.6 Å². The van der Waals surface area contributed by atoms with Crippen molar-refractivity contribution in [2.75, 3.05) is 6.54 Å². The van der Waals surface area contributed by atoms with Crippen LogP contribution in [-0.2, 0) is 11.2 Å². The minimum absolute atomic E-state index is 0.0905. The maximum absolute atomic E-state index is 12.9. The summed E-state index contributed by atoms with van der Waals surface area (Å²) in [6.07, 6.45) is 0.579. The van der Waals surface area contributed by atoms with Crippen molar-refractivity contribution in [3.8, 4) is 0 Å². The van der Waals surface area contributed by atoms with E-state index >= 15 is 0 Å². The Labute approximate surface area is 157 Å². The van der Waals surface area contributed by atoms with Crippen LogP contribution >= 0.6 is 11.6 Å². The lowest BCUT2D eigenvalue weighted by molar-refractivity contribution is -0.123. The molecule has 2 N–H and O–H groups in total. The molecule has 0 heterocycles. The number of halogens is 2. The fourth-order valence-corrected chi connectivity index (χ4v) is 2.71. The number of rotatable bonds is 7. The summed E-state index contributed by atoms with van der Waals surface area (Å²) in [6.45, 7) is 4.11. The molecule has 0 aliphatic heterocycles. The van der Waals surface area contributed by atoms with Crippen LogP contribution in [0.25, 0.3) is 0 Å². The van der Waals surface area contributed by atoms with Gasteiger partial charge < -0.3 is 10.6 Å². The zero-order chi connectivity index (χ0) is 19.1. The van der Waals surface area contributed by atoms with Gasteiger partial charge in [-0.2, -0.15) is 0 Å². The van der Waals surface area contributed by atoms with E-state index in [1.54, 1.807) is 36.4 Å². The Hall–Kier alpha value is -2.40. The van der Waals surface area contributed by atoms with Crippen LogP contribution in [0, 0.1) is 11.7 Å². The predicted molar refractivity (Wildman–Crippen MR) is 101 cm³/mol. The van der Waals surface area contributed by atoms with Gasteiger partial charge in [-0.25, -0.2) is 4.39 Å². The molecule has 0 spiro atoms. The molecular formula is C20H22ClFN2O2. The molecule has 2 amide bonds. The molecule has 0 aliphatic carbocycles. The number of nitrogens with one attached hydrogen (secondary N) is 2. The molecule has 1 atom stereocenters. The summed E-state index contributed by atoms with van der Waals surface area (Å²) in [5.74, 6) is -1.03. The van der Waals surface area contributed by atoms with Gasteiger partial charge in [0.2, 0.25) is 5.91 Å². The van der Waals surface area contributed by atoms with E-state index < -0.39 is 6.04 Å². The van der Waals surface area contributed by atoms with Gasteiger partial charge in [0.1, 0.15) is 11.9 Å². The molecule has 6 heteroatoms. The van der Waals surface area contributed by atoms with Crippen molar-refractivity contribution in [3.63, 3.8) is 0 Å². The van der Waals surface area contributed by atoms with Crippen LogP contribution in [0.3, 0.4) is 0 Å². The largest absolute Gasteiger partial charge is 0.354 e. The van der Waals surface area contributed by atoms with E-state index in [9.17, 15) is 14.0 Å². The fraction of sp³-hybridized carbons (Fsp3) is 0.300. The second-order valence-electron chi connectivity index (χ2n) is 6.34. The lowest BCUT2D eigenvalue weighted by Crippen LogP contribution is -2.50.